The van der Waals surface area contributed by atoms with E-state index in [0.717, 1.165) is 29.9 Å². The second-order valence-corrected chi connectivity index (χ2v) is 6.38. The average Bonchev–Trinajstić information content (AvgIpc) is 2.70. The van der Waals surface area contributed by atoms with Crippen LogP contribution in [0.3, 0.4) is 0 Å². The minimum Gasteiger partial charge on any atom is -0.487 e. The van der Waals surface area contributed by atoms with Crippen molar-refractivity contribution in [3.05, 3.63) is 66.7 Å². The topological polar surface area (TPSA) is 79.7 Å². The van der Waals surface area contributed by atoms with Crippen molar-refractivity contribution in [2.24, 2.45) is 0 Å². The van der Waals surface area contributed by atoms with Crippen molar-refractivity contribution in [3.8, 4) is 28.4 Å². The molecule has 146 valence electrons. The standard InChI is InChI=1S/C23H26N2O3/c1-2-13-26-14-15-27-22-5-3-4-6-23(22)28-19-10-7-17(8-11-19)20-12-9-18(24)16-21(20)25/h3-12,16H,2,13-15,24-25H2,1H3. The molecule has 5 nitrogen and oxygen atoms in total. The van der Waals surface area contributed by atoms with E-state index in [4.69, 9.17) is 25.7 Å². The summed E-state index contributed by atoms with van der Waals surface area (Å²) >= 11 is 0. The van der Waals surface area contributed by atoms with Crippen LogP contribution < -0.4 is 20.9 Å². The van der Waals surface area contributed by atoms with Gasteiger partial charge in [-0.2, -0.15) is 0 Å². The summed E-state index contributed by atoms with van der Waals surface area (Å²) in [6, 6.07) is 20.9. The van der Waals surface area contributed by atoms with Gasteiger partial charge >= 0.3 is 0 Å². The minimum absolute atomic E-state index is 0.482. The monoisotopic (exact) mass is 378 g/mol. The molecule has 0 aliphatic rings. The van der Waals surface area contributed by atoms with Crippen LogP contribution in [-0.2, 0) is 4.74 Å². The van der Waals surface area contributed by atoms with Crippen LogP contribution in [0.25, 0.3) is 11.1 Å². The van der Waals surface area contributed by atoms with Crippen LogP contribution in [0, 0.1) is 0 Å². The van der Waals surface area contributed by atoms with Crippen molar-refractivity contribution in [2.45, 2.75) is 13.3 Å². The summed E-state index contributed by atoms with van der Waals surface area (Å²) in [6.45, 7) is 3.86. The van der Waals surface area contributed by atoms with Gasteiger partial charge in [-0.05, 0) is 48.4 Å². The third-order valence-corrected chi connectivity index (χ3v) is 4.15. The summed E-state index contributed by atoms with van der Waals surface area (Å²) in [7, 11) is 0. The summed E-state index contributed by atoms with van der Waals surface area (Å²) < 4.78 is 17.3. The molecule has 3 aromatic rings. The van der Waals surface area contributed by atoms with Crippen LogP contribution in [-0.4, -0.2) is 19.8 Å². The molecule has 3 aromatic carbocycles. The van der Waals surface area contributed by atoms with Crippen LogP contribution in [0.5, 0.6) is 17.2 Å². The summed E-state index contributed by atoms with van der Waals surface area (Å²) in [6.07, 6.45) is 0.998. The number of para-hydroxylation sites is 2. The lowest BCUT2D eigenvalue weighted by molar-refractivity contribution is 0.0997. The molecule has 0 spiro atoms. The Bertz CT molecular complexity index is 895. The number of anilines is 2. The highest BCUT2D eigenvalue weighted by Crippen LogP contribution is 2.33. The maximum atomic E-state index is 6.07. The van der Waals surface area contributed by atoms with Gasteiger partial charge in [0.05, 0.1) is 6.61 Å². The molecule has 0 fully saturated rings. The Kier molecular flexibility index (Phi) is 6.76. The highest BCUT2D eigenvalue weighted by Gasteiger charge is 2.07. The predicted octanol–water partition coefficient (Wildman–Crippen LogP) is 5.12. The zero-order chi connectivity index (χ0) is 19.8. The highest BCUT2D eigenvalue weighted by molar-refractivity contribution is 5.79. The second kappa shape index (κ2) is 9.67. The molecule has 28 heavy (non-hydrogen) atoms. The Labute approximate surface area is 165 Å². The van der Waals surface area contributed by atoms with Crippen molar-refractivity contribution in [2.75, 3.05) is 31.3 Å². The molecule has 0 unspecified atom stereocenters. The van der Waals surface area contributed by atoms with Crippen molar-refractivity contribution in [1.82, 2.24) is 0 Å². The Hall–Kier alpha value is -3.18. The van der Waals surface area contributed by atoms with Crippen LogP contribution in [0.1, 0.15) is 13.3 Å². The van der Waals surface area contributed by atoms with Crippen LogP contribution in [0.15, 0.2) is 66.7 Å². The smallest absolute Gasteiger partial charge is 0.169 e. The Morgan fingerprint density at radius 3 is 2.25 bits per heavy atom. The second-order valence-electron chi connectivity index (χ2n) is 6.38. The number of hydrogen-bond acceptors (Lipinski definition) is 5. The molecule has 0 radical (unpaired) electrons. The van der Waals surface area contributed by atoms with E-state index in [2.05, 4.69) is 6.92 Å². The average molecular weight is 378 g/mol. The van der Waals surface area contributed by atoms with Crippen molar-refractivity contribution in [1.29, 1.82) is 0 Å². The normalized spacial score (nSPS) is 10.6. The van der Waals surface area contributed by atoms with Gasteiger partial charge in [0.15, 0.2) is 11.5 Å². The Morgan fingerprint density at radius 1 is 0.786 bits per heavy atom. The fourth-order valence-electron chi connectivity index (χ4n) is 2.78. The van der Waals surface area contributed by atoms with Gasteiger partial charge in [0, 0.05) is 23.5 Å². The third-order valence-electron chi connectivity index (χ3n) is 4.15. The first kappa shape index (κ1) is 19.6. The van der Waals surface area contributed by atoms with E-state index in [1.165, 1.54) is 0 Å². The number of benzene rings is 3. The van der Waals surface area contributed by atoms with E-state index in [-0.39, 0.29) is 0 Å². The van der Waals surface area contributed by atoms with Crippen molar-refractivity contribution >= 4 is 11.4 Å². The SMILES string of the molecule is CCCOCCOc1ccccc1Oc1ccc(-c2ccc(N)cc2N)cc1. The zero-order valence-electron chi connectivity index (χ0n) is 16.1. The maximum Gasteiger partial charge on any atom is 0.169 e. The third kappa shape index (κ3) is 5.18. The first-order valence-corrected chi connectivity index (χ1v) is 9.40. The summed E-state index contributed by atoms with van der Waals surface area (Å²) in [5.41, 5.74) is 15.1. The fraction of sp³-hybridized carbons (Fsp3) is 0.217. The molecule has 0 saturated carbocycles. The quantitative estimate of drug-likeness (QED) is 0.399. The van der Waals surface area contributed by atoms with Gasteiger partial charge in [0.25, 0.3) is 0 Å². The van der Waals surface area contributed by atoms with E-state index in [1.807, 2.05) is 60.7 Å². The molecule has 0 aliphatic carbocycles. The van der Waals surface area contributed by atoms with E-state index < -0.39 is 0 Å². The number of rotatable bonds is 9. The Balaban J connectivity index is 1.67. The molecule has 4 N–H and O–H groups in total. The van der Waals surface area contributed by atoms with Gasteiger partial charge in [0.1, 0.15) is 12.4 Å². The van der Waals surface area contributed by atoms with Gasteiger partial charge in [0.2, 0.25) is 0 Å². The lowest BCUT2D eigenvalue weighted by atomic mass is 10.0. The minimum atomic E-state index is 0.482. The summed E-state index contributed by atoms with van der Waals surface area (Å²) in [4.78, 5) is 0. The number of ether oxygens (including phenoxy) is 3. The van der Waals surface area contributed by atoms with Gasteiger partial charge in [-0.3, -0.25) is 0 Å². The van der Waals surface area contributed by atoms with E-state index in [9.17, 15) is 0 Å². The lowest BCUT2D eigenvalue weighted by Gasteiger charge is -2.13. The van der Waals surface area contributed by atoms with Gasteiger partial charge in [-0.1, -0.05) is 37.3 Å². The predicted molar refractivity (Wildman–Crippen MR) is 114 cm³/mol. The molecule has 0 amide bonds. The molecule has 0 bridgehead atoms. The molecule has 5 heteroatoms. The van der Waals surface area contributed by atoms with Gasteiger partial charge in [-0.15, -0.1) is 0 Å². The highest BCUT2D eigenvalue weighted by atomic mass is 16.5. The first-order valence-electron chi connectivity index (χ1n) is 9.40. The molecule has 0 aromatic heterocycles. The number of nitrogen functional groups attached to an aromatic ring is 2. The van der Waals surface area contributed by atoms with Gasteiger partial charge < -0.3 is 25.7 Å². The van der Waals surface area contributed by atoms with Crippen LogP contribution in [0.4, 0.5) is 11.4 Å². The zero-order valence-corrected chi connectivity index (χ0v) is 16.1. The molecule has 0 atom stereocenters. The summed E-state index contributed by atoms with van der Waals surface area (Å²) in [5, 5.41) is 0. The lowest BCUT2D eigenvalue weighted by Crippen LogP contribution is -2.07. The molecule has 3 rings (SSSR count). The first-order chi connectivity index (χ1) is 13.7. The number of nitrogens with two attached hydrogens (primary N) is 2. The number of hydrogen-bond donors (Lipinski definition) is 2. The van der Waals surface area contributed by atoms with Crippen LogP contribution >= 0.6 is 0 Å². The van der Waals surface area contributed by atoms with E-state index in [0.29, 0.717) is 36.1 Å². The van der Waals surface area contributed by atoms with E-state index >= 15 is 0 Å². The van der Waals surface area contributed by atoms with Crippen LogP contribution in [0.2, 0.25) is 0 Å². The molecule has 0 saturated heterocycles. The largest absolute Gasteiger partial charge is 0.487 e. The molecule has 0 aliphatic heterocycles. The maximum absolute atomic E-state index is 6.07. The van der Waals surface area contributed by atoms with Crippen molar-refractivity contribution in [3.63, 3.8) is 0 Å². The van der Waals surface area contributed by atoms with Crippen molar-refractivity contribution < 1.29 is 14.2 Å². The summed E-state index contributed by atoms with van der Waals surface area (Å²) in [5.74, 6) is 2.07. The fourth-order valence-corrected chi connectivity index (χ4v) is 2.78. The molecular weight excluding hydrogens is 352 g/mol. The molecular formula is C23H26N2O3. The van der Waals surface area contributed by atoms with Gasteiger partial charge in [-0.25, -0.2) is 0 Å². The van der Waals surface area contributed by atoms with E-state index in [1.54, 1.807) is 6.07 Å². The molecule has 0 heterocycles. The Morgan fingerprint density at radius 2 is 1.54 bits per heavy atom.